The van der Waals surface area contributed by atoms with Crippen molar-refractivity contribution < 1.29 is 14.3 Å². The first-order valence-electron chi connectivity index (χ1n) is 10.4. The number of hydrogen-bond donors (Lipinski definition) is 2. The van der Waals surface area contributed by atoms with E-state index in [1.54, 1.807) is 10.6 Å². The van der Waals surface area contributed by atoms with E-state index in [9.17, 15) is 9.90 Å². The number of carbonyl (C=O) groups is 1. The van der Waals surface area contributed by atoms with Crippen molar-refractivity contribution >= 4 is 39.6 Å². The van der Waals surface area contributed by atoms with Crippen molar-refractivity contribution in [3.05, 3.63) is 35.0 Å². The van der Waals surface area contributed by atoms with Crippen LogP contribution in [0.25, 0.3) is 33.6 Å². The molecule has 0 radical (unpaired) electrons. The number of pyridine rings is 1. The Balaban J connectivity index is 1.79. The molecule has 0 aliphatic heterocycles. The summed E-state index contributed by atoms with van der Waals surface area (Å²) < 4.78 is 16.9. The maximum atomic E-state index is 15.2. The fraction of sp³-hybridized carbons (Fsp3) is 0.409. The average Bonchev–Trinajstić information content (AvgIpc) is 3.40. The standard InChI is InChI=1S/C22H22ClFN6O2/c1-22(2,3)14(7-15(31)32)30-9-13(24)16-17(10-4-5-10)26-20(27-21(16)30)18-12-6-11(23)8-25-19(12)29-28-18/h6,8-10,14H,4-5,7H2,1-3H3,(H,31,32)(H,25,28,29). The molecule has 166 valence electrons. The molecule has 4 aromatic heterocycles. The fourth-order valence-electron chi connectivity index (χ4n) is 4.16. The van der Waals surface area contributed by atoms with Crippen LogP contribution < -0.4 is 0 Å². The van der Waals surface area contributed by atoms with Gasteiger partial charge in [0, 0.05) is 18.3 Å². The number of nitrogens with zero attached hydrogens (tertiary/aromatic N) is 5. The molecule has 1 fully saturated rings. The minimum Gasteiger partial charge on any atom is -0.481 e. The van der Waals surface area contributed by atoms with E-state index in [-0.39, 0.29) is 12.3 Å². The fourth-order valence-corrected chi connectivity index (χ4v) is 4.32. The van der Waals surface area contributed by atoms with Crippen molar-refractivity contribution in [1.29, 1.82) is 0 Å². The van der Waals surface area contributed by atoms with Gasteiger partial charge in [0.1, 0.15) is 11.3 Å². The number of rotatable bonds is 5. The van der Waals surface area contributed by atoms with Gasteiger partial charge in [-0.15, -0.1) is 0 Å². The largest absolute Gasteiger partial charge is 0.481 e. The predicted molar refractivity (Wildman–Crippen MR) is 118 cm³/mol. The van der Waals surface area contributed by atoms with E-state index in [1.807, 2.05) is 20.8 Å². The highest BCUT2D eigenvalue weighted by molar-refractivity contribution is 6.31. The number of carboxylic acids is 1. The van der Waals surface area contributed by atoms with E-state index in [1.165, 1.54) is 12.4 Å². The molecule has 1 atom stereocenters. The third-order valence-corrected chi connectivity index (χ3v) is 6.12. The third kappa shape index (κ3) is 3.50. The van der Waals surface area contributed by atoms with E-state index in [4.69, 9.17) is 21.6 Å². The SMILES string of the molecule is CC(C)(C)C(CC(=O)O)n1cc(F)c2c(C3CC3)nc(-c3n[nH]c4ncc(Cl)cc34)nc21. The second kappa shape index (κ2) is 7.23. The number of aromatic nitrogens is 6. The maximum absolute atomic E-state index is 15.2. The van der Waals surface area contributed by atoms with Gasteiger partial charge in [-0.1, -0.05) is 32.4 Å². The minimum absolute atomic E-state index is 0.143. The molecule has 0 spiro atoms. The zero-order valence-electron chi connectivity index (χ0n) is 17.9. The van der Waals surface area contributed by atoms with Crippen LogP contribution in [0.1, 0.15) is 57.7 Å². The molecule has 10 heteroatoms. The predicted octanol–water partition coefficient (Wildman–Crippen LogP) is 5.10. The van der Waals surface area contributed by atoms with Gasteiger partial charge < -0.3 is 9.67 Å². The maximum Gasteiger partial charge on any atom is 0.305 e. The quantitative estimate of drug-likeness (QED) is 0.432. The van der Waals surface area contributed by atoms with Crippen LogP contribution in [0.5, 0.6) is 0 Å². The molecule has 1 unspecified atom stereocenters. The van der Waals surface area contributed by atoms with Crippen LogP contribution in [0, 0.1) is 11.2 Å². The Morgan fingerprint density at radius 3 is 2.78 bits per heavy atom. The lowest BCUT2D eigenvalue weighted by Gasteiger charge is -2.31. The van der Waals surface area contributed by atoms with Gasteiger partial charge in [0.2, 0.25) is 0 Å². The van der Waals surface area contributed by atoms with E-state index >= 15 is 4.39 Å². The Morgan fingerprint density at radius 1 is 1.38 bits per heavy atom. The van der Waals surface area contributed by atoms with E-state index in [0.717, 1.165) is 12.8 Å². The Hall–Kier alpha value is -3.07. The van der Waals surface area contributed by atoms with Crippen LogP contribution in [0.4, 0.5) is 4.39 Å². The smallest absolute Gasteiger partial charge is 0.305 e. The van der Waals surface area contributed by atoms with Crippen molar-refractivity contribution in [2.24, 2.45) is 5.41 Å². The topological polar surface area (TPSA) is 110 Å². The number of carboxylic acid groups (broad SMARTS) is 1. The lowest BCUT2D eigenvalue weighted by molar-refractivity contribution is -0.138. The first kappa shape index (κ1) is 20.8. The number of aliphatic carboxylic acids is 1. The van der Waals surface area contributed by atoms with Gasteiger partial charge in [0.25, 0.3) is 0 Å². The summed E-state index contributed by atoms with van der Waals surface area (Å²) in [5.41, 5.74) is 1.58. The van der Waals surface area contributed by atoms with Crippen LogP contribution >= 0.6 is 11.6 Å². The van der Waals surface area contributed by atoms with Crippen LogP contribution in [0.3, 0.4) is 0 Å². The normalized spacial score (nSPS) is 15.5. The van der Waals surface area contributed by atoms with Gasteiger partial charge in [-0.2, -0.15) is 5.10 Å². The Bertz CT molecular complexity index is 1370. The van der Waals surface area contributed by atoms with Crippen LogP contribution in [-0.4, -0.2) is 40.8 Å². The summed E-state index contributed by atoms with van der Waals surface area (Å²) in [4.78, 5) is 25.3. The Labute approximate surface area is 187 Å². The van der Waals surface area contributed by atoms with E-state index < -0.39 is 23.2 Å². The summed E-state index contributed by atoms with van der Waals surface area (Å²) in [6.45, 7) is 5.80. The zero-order chi connectivity index (χ0) is 22.8. The second-order valence-electron chi connectivity index (χ2n) is 9.39. The molecule has 0 aromatic carbocycles. The van der Waals surface area contributed by atoms with Crippen LogP contribution in [-0.2, 0) is 4.79 Å². The molecular formula is C22H22ClFN6O2. The molecule has 2 N–H and O–H groups in total. The van der Waals surface area contributed by atoms with Crippen LogP contribution in [0.2, 0.25) is 5.02 Å². The number of hydrogen-bond acceptors (Lipinski definition) is 5. The van der Waals surface area contributed by atoms with Crippen molar-refractivity contribution in [2.45, 2.75) is 52.0 Å². The van der Waals surface area contributed by atoms with Gasteiger partial charge >= 0.3 is 5.97 Å². The number of fused-ring (bicyclic) bond motifs is 2. The lowest BCUT2D eigenvalue weighted by atomic mass is 9.84. The number of halogens is 2. The molecule has 1 aliphatic rings. The van der Waals surface area contributed by atoms with Gasteiger partial charge in [-0.3, -0.25) is 9.89 Å². The van der Waals surface area contributed by atoms with Gasteiger partial charge in [-0.25, -0.2) is 19.3 Å². The summed E-state index contributed by atoms with van der Waals surface area (Å²) in [6, 6.07) is 1.23. The van der Waals surface area contributed by atoms with E-state index in [2.05, 4.69) is 15.2 Å². The highest BCUT2D eigenvalue weighted by atomic mass is 35.5. The molecule has 0 bridgehead atoms. The van der Waals surface area contributed by atoms with Crippen molar-refractivity contribution in [2.75, 3.05) is 0 Å². The molecule has 32 heavy (non-hydrogen) atoms. The monoisotopic (exact) mass is 456 g/mol. The van der Waals surface area contributed by atoms with Crippen molar-refractivity contribution in [1.82, 2.24) is 29.7 Å². The van der Waals surface area contributed by atoms with E-state index in [0.29, 0.717) is 44.3 Å². The van der Waals surface area contributed by atoms with Gasteiger partial charge in [0.05, 0.1) is 34.0 Å². The van der Waals surface area contributed by atoms with Crippen molar-refractivity contribution in [3.63, 3.8) is 0 Å². The summed E-state index contributed by atoms with van der Waals surface area (Å²) in [6.07, 6.45) is 4.56. The summed E-state index contributed by atoms with van der Waals surface area (Å²) in [5.74, 6) is -0.922. The molecule has 5 rings (SSSR count). The molecular weight excluding hydrogens is 435 g/mol. The third-order valence-electron chi connectivity index (χ3n) is 5.92. The first-order valence-corrected chi connectivity index (χ1v) is 10.8. The number of H-pyrrole nitrogens is 1. The summed E-state index contributed by atoms with van der Waals surface area (Å²) >= 11 is 6.14. The Kier molecular flexibility index (Phi) is 4.70. The molecule has 0 saturated heterocycles. The van der Waals surface area contributed by atoms with Crippen molar-refractivity contribution in [3.8, 4) is 11.5 Å². The molecule has 4 heterocycles. The van der Waals surface area contributed by atoms with Gasteiger partial charge in [-0.05, 0) is 24.3 Å². The minimum atomic E-state index is -0.956. The van der Waals surface area contributed by atoms with Crippen LogP contribution in [0.15, 0.2) is 18.5 Å². The second-order valence-corrected chi connectivity index (χ2v) is 9.83. The average molecular weight is 457 g/mol. The summed E-state index contributed by atoms with van der Waals surface area (Å²) in [5, 5.41) is 18.2. The highest BCUT2D eigenvalue weighted by Crippen LogP contribution is 2.45. The number of aromatic amines is 1. The highest BCUT2D eigenvalue weighted by Gasteiger charge is 2.35. The molecule has 8 nitrogen and oxygen atoms in total. The zero-order valence-corrected chi connectivity index (χ0v) is 18.6. The molecule has 1 aliphatic carbocycles. The lowest BCUT2D eigenvalue weighted by Crippen LogP contribution is -2.26. The Morgan fingerprint density at radius 2 is 2.12 bits per heavy atom. The summed E-state index contributed by atoms with van der Waals surface area (Å²) in [7, 11) is 0. The van der Waals surface area contributed by atoms with Gasteiger partial charge in [0.15, 0.2) is 17.3 Å². The molecule has 1 saturated carbocycles. The first-order chi connectivity index (χ1) is 15.1. The number of nitrogens with one attached hydrogen (secondary N) is 1. The molecule has 4 aromatic rings. The molecule has 0 amide bonds.